The van der Waals surface area contributed by atoms with E-state index in [4.69, 9.17) is 5.84 Å². The third-order valence-electron chi connectivity index (χ3n) is 5.98. The zero-order valence-electron chi connectivity index (χ0n) is 10.5. The molecule has 4 aliphatic carbocycles. The molecule has 1 unspecified atom stereocenters. The van der Waals surface area contributed by atoms with E-state index in [1.165, 1.54) is 32.1 Å². The first-order valence-corrected chi connectivity index (χ1v) is 7.25. The van der Waals surface area contributed by atoms with Crippen molar-refractivity contribution < 1.29 is 9.59 Å². The van der Waals surface area contributed by atoms with E-state index in [0.717, 1.165) is 16.8 Å². The summed E-state index contributed by atoms with van der Waals surface area (Å²) in [5.74, 6) is 8.79. The van der Waals surface area contributed by atoms with Crippen LogP contribution >= 0.6 is 0 Å². The zero-order chi connectivity index (χ0) is 12.4. The highest BCUT2D eigenvalue weighted by Gasteiger charge is 2.54. The van der Waals surface area contributed by atoms with Crippen molar-refractivity contribution in [1.29, 1.82) is 0 Å². The fraction of sp³-hybridized carbons (Fsp3) is 0.857. The van der Waals surface area contributed by atoms with Gasteiger partial charge in [0.25, 0.3) is 0 Å². The van der Waals surface area contributed by atoms with E-state index in [2.05, 4.69) is 0 Å². The van der Waals surface area contributed by atoms with Crippen LogP contribution in [0.15, 0.2) is 0 Å². The second-order valence-corrected chi connectivity index (χ2v) is 6.92. The van der Waals surface area contributed by atoms with Crippen molar-refractivity contribution in [3.8, 4) is 0 Å². The molecule has 5 fully saturated rings. The Kier molecular flexibility index (Phi) is 2.17. The summed E-state index contributed by atoms with van der Waals surface area (Å²) in [5, 5.41) is 0.871. The van der Waals surface area contributed by atoms with E-state index in [9.17, 15) is 9.59 Å². The van der Waals surface area contributed by atoms with Gasteiger partial charge in [0.2, 0.25) is 11.8 Å². The van der Waals surface area contributed by atoms with E-state index in [0.29, 0.717) is 24.2 Å². The van der Waals surface area contributed by atoms with Gasteiger partial charge in [-0.1, -0.05) is 0 Å². The molecule has 1 aliphatic heterocycles. The zero-order valence-corrected chi connectivity index (χ0v) is 10.5. The third kappa shape index (κ3) is 1.35. The molecule has 1 atom stereocenters. The molecule has 1 saturated heterocycles. The quantitative estimate of drug-likeness (QED) is 0.432. The van der Waals surface area contributed by atoms with Crippen molar-refractivity contribution in [1.82, 2.24) is 5.01 Å². The molecule has 98 valence electrons. The van der Waals surface area contributed by atoms with Crippen LogP contribution in [0, 0.1) is 35.5 Å². The minimum absolute atomic E-state index is 0.0995. The molecular weight excluding hydrogens is 228 g/mol. The number of carbonyl (C=O) groups excluding carboxylic acids is 2. The first-order chi connectivity index (χ1) is 8.63. The van der Waals surface area contributed by atoms with Gasteiger partial charge in [-0.05, 0) is 61.7 Å². The lowest BCUT2D eigenvalue weighted by atomic mass is 9.49. The first kappa shape index (κ1) is 11.0. The van der Waals surface area contributed by atoms with Crippen LogP contribution in [0.5, 0.6) is 0 Å². The summed E-state index contributed by atoms with van der Waals surface area (Å²) in [4.78, 5) is 23.7. The summed E-state index contributed by atoms with van der Waals surface area (Å²) in [6.45, 7) is 0. The maximum absolute atomic E-state index is 12.1. The van der Waals surface area contributed by atoms with Crippen LogP contribution in [0.3, 0.4) is 0 Å². The van der Waals surface area contributed by atoms with Gasteiger partial charge in [0, 0.05) is 6.42 Å². The number of nitrogens with two attached hydrogens (primary N) is 1. The largest absolute Gasteiger partial charge is 0.273 e. The molecular formula is C14H20N2O2. The summed E-state index contributed by atoms with van der Waals surface area (Å²) >= 11 is 0. The number of hydrogen-bond donors (Lipinski definition) is 1. The van der Waals surface area contributed by atoms with Gasteiger partial charge in [-0.25, -0.2) is 10.9 Å². The highest BCUT2D eigenvalue weighted by molar-refractivity contribution is 6.03. The Morgan fingerprint density at radius 2 is 1.50 bits per heavy atom. The SMILES string of the molecule is NN1C(=O)CC(C2C3CC4CC(C3)CC2C4)C1=O. The van der Waals surface area contributed by atoms with E-state index < -0.39 is 0 Å². The minimum atomic E-state index is -0.182. The molecule has 4 heteroatoms. The number of rotatable bonds is 1. The molecule has 5 rings (SSSR count). The van der Waals surface area contributed by atoms with E-state index in [-0.39, 0.29) is 17.7 Å². The van der Waals surface area contributed by atoms with E-state index >= 15 is 0 Å². The highest BCUT2D eigenvalue weighted by atomic mass is 16.2. The summed E-state index contributed by atoms with van der Waals surface area (Å²) in [7, 11) is 0. The Hall–Kier alpha value is -0.900. The van der Waals surface area contributed by atoms with Crippen molar-refractivity contribution in [2.24, 2.45) is 41.4 Å². The summed E-state index contributed by atoms with van der Waals surface area (Å²) in [6, 6.07) is 0. The molecule has 4 saturated carbocycles. The summed E-state index contributed by atoms with van der Waals surface area (Å²) in [5.41, 5.74) is 0. The highest BCUT2D eigenvalue weighted by Crippen LogP contribution is 2.59. The molecule has 0 radical (unpaired) electrons. The minimum Gasteiger partial charge on any atom is -0.273 e. The lowest BCUT2D eigenvalue weighted by Crippen LogP contribution is -2.49. The van der Waals surface area contributed by atoms with Gasteiger partial charge in [0.05, 0.1) is 5.92 Å². The molecule has 0 aromatic heterocycles. The number of hydrogen-bond acceptors (Lipinski definition) is 3. The molecule has 4 bridgehead atoms. The van der Waals surface area contributed by atoms with Crippen LogP contribution in [0.1, 0.15) is 38.5 Å². The maximum Gasteiger partial charge on any atom is 0.247 e. The molecule has 2 amide bonds. The van der Waals surface area contributed by atoms with Gasteiger partial charge in [-0.15, -0.1) is 0 Å². The monoisotopic (exact) mass is 248 g/mol. The molecule has 1 heterocycles. The van der Waals surface area contributed by atoms with Crippen molar-refractivity contribution in [3.63, 3.8) is 0 Å². The third-order valence-corrected chi connectivity index (χ3v) is 5.98. The van der Waals surface area contributed by atoms with Gasteiger partial charge < -0.3 is 0 Å². The van der Waals surface area contributed by atoms with Gasteiger partial charge in [0.1, 0.15) is 0 Å². The van der Waals surface area contributed by atoms with Gasteiger partial charge in [-0.2, -0.15) is 0 Å². The Morgan fingerprint density at radius 3 is 1.94 bits per heavy atom. The average molecular weight is 248 g/mol. The average Bonchev–Trinajstić information content (AvgIpc) is 2.56. The molecule has 5 aliphatic rings. The normalized spacial score (nSPS) is 50.4. The van der Waals surface area contributed by atoms with Crippen molar-refractivity contribution >= 4 is 11.8 Å². The van der Waals surface area contributed by atoms with Gasteiger partial charge >= 0.3 is 0 Å². The van der Waals surface area contributed by atoms with Crippen LogP contribution in [-0.4, -0.2) is 16.8 Å². The number of nitrogens with zero attached hydrogens (tertiary/aromatic N) is 1. The second-order valence-electron chi connectivity index (χ2n) is 6.92. The molecule has 0 aromatic carbocycles. The summed E-state index contributed by atoms with van der Waals surface area (Å²) < 4.78 is 0. The molecule has 0 spiro atoms. The predicted molar refractivity (Wildman–Crippen MR) is 64.7 cm³/mol. The van der Waals surface area contributed by atoms with Gasteiger partial charge in [0.15, 0.2) is 0 Å². The van der Waals surface area contributed by atoms with Crippen molar-refractivity contribution in [2.75, 3.05) is 0 Å². The fourth-order valence-electron chi connectivity index (χ4n) is 5.60. The van der Waals surface area contributed by atoms with E-state index in [1.807, 2.05) is 0 Å². The molecule has 0 aromatic rings. The van der Waals surface area contributed by atoms with Crippen molar-refractivity contribution in [3.05, 3.63) is 0 Å². The van der Waals surface area contributed by atoms with Crippen LogP contribution in [0.25, 0.3) is 0 Å². The number of imide groups is 1. The lowest BCUT2D eigenvalue weighted by molar-refractivity contribution is -0.142. The van der Waals surface area contributed by atoms with Crippen LogP contribution in [0.2, 0.25) is 0 Å². The second kappa shape index (κ2) is 3.56. The Balaban J connectivity index is 1.62. The molecule has 2 N–H and O–H groups in total. The lowest BCUT2D eigenvalue weighted by Gasteiger charge is -2.55. The fourth-order valence-corrected chi connectivity index (χ4v) is 5.60. The topological polar surface area (TPSA) is 63.4 Å². The van der Waals surface area contributed by atoms with Crippen LogP contribution < -0.4 is 5.84 Å². The van der Waals surface area contributed by atoms with Crippen LogP contribution in [0.4, 0.5) is 0 Å². The Labute approximate surface area is 107 Å². The van der Waals surface area contributed by atoms with Crippen LogP contribution in [-0.2, 0) is 9.59 Å². The van der Waals surface area contributed by atoms with Crippen molar-refractivity contribution in [2.45, 2.75) is 38.5 Å². The maximum atomic E-state index is 12.1. The molecule has 18 heavy (non-hydrogen) atoms. The number of carbonyl (C=O) groups is 2. The van der Waals surface area contributed by atoms with E-state index in [1.54, 1.807) is 0 Å². The smallest absolute Gasteiger partial charge is 0.247 e. The number of hydrazine groups is 1. The predicted octanol–water partition coefficient (Wildman–Crippen LogP) is 1.31. The first-order valence-electron chi connectivity index (χ1n) is 7.25. The Morgan fingerprint density at radius 1 is 0.944 bits per heavy atom. The van der Waals surface area contributed by atoms with Gasteiger partial charge in [-0.3, -0.25) is 9.59 Å². The Bertz CT molecular complexity index is 392. The standard InChI is InChI=1S/C14H20N2O2/c15-16-12(17)6-11(14(16)18)13-9-2-7-1-8(4-9)5-10(13)3-7/h7-11,13H,1-6,15H2. The molecule has 4 nitrogen and oxygen atoms in total. The number of amides is 2. The summed E-state index contributed by atoms with van der Waals surface area (Å²) in [6.07, 6.45) is 6.95.